The van der Waals surface area contributed by atoms with Gasteiger partial charge < -0.3 is 15.2 Å². The Bertz CT molecular complexity index is 500. The van der Waals surface area contributed by atoms with Gasteiger partial charge in [-0.25, -0.2) is 0 Å². The Labute approximate surface area is 106 Å². The number of ether oxygens (including phenoxy) is 2. The Morgan fingerprint density at radius 1 is 1.28 bits per heavy atom. The van der Waals surface area contributed by atoms with Gasteiger partial charge in [0.1, 0.15) is 18.1 Å². The van der Waals surface area contributed by atoms with Gasteiger partial charge in [0.2, 0.25) is 0 Å². The zero-order valence-corrected chi connectivity index (χ0v) is 10.3. The Morgan fingerprint density at radius 2 is 2.17 bits per heavy atom. The second-order valence-electron chi connectivity index (χ2n) is 3.83. The van der Waals surface area contributed by atoms with E-state index in [0.717, 1.165) is 22.6 Å². The zero-order chi connectivity index (χ0) is 12.8. The zero-order valence-electron chi connectivity index (χ0n) is 10.3. The second kappa shape index (κ2) is 6.02. The molecule has 1 aromatic heterocycles. The van der Waals surface area contributed by atoms with Crippen LogP contribution in [0.3, 0.4) is 0 Å². The third-order valence-corrected chi connectivity index (χ3v) is 2.60. The lowest BCUT2D eigenvalue weighted by atomic mass is 10.1. The Kier molecular flexibility index (Phi) is 4.15. The number of benzene rings is 1. The maximum Gasteiger partial charge on any atom is 0.138 e. The van der Waals surface area contributed by atoms with Crippen molar-refractivity contribution in [3.05, 3.63) is 53.9 Å². The number of nitrogens with zero attached hydrogens (tertiary/aromatic N) is 1. The summed E-state index contributed by atoms with van der Waals surface area (Å²) in [6.07, 6.45) is 3.40. The van der Waals surface area contributed by atoms with Gasteiger partial charge >= 0.3 is 0 Å². The molecular weight excluding hydrogens is 228 g/mol. The first-order valence-electron chi connectivity index (χ1n) is 5.72. The lowest BCUT2D eigenvalue weighted by molar-refractivity contribution is 0.304. The second-order valence-corrected chi connectivity index (χ2v) is 3.83. The quantitative estimate of drug-likeness (QED) is 0.875. The maximum atomic E-state index is 5.67. The van der Waals surface area contributed by atoms with Crippen molar-refractivity contribution in [3.8, 4) is 11.5 Å². The molecule has 2 aromatic rings. The van der Waals surface area contributed by atoms with Crippen molar-refractivity contribution in [2.45, 2.75) is 13.2 Å². The molecule has 0 saturated heterocycles. The molecule has 94 valence electrons. The molecule has 0 atom stereocenters. The largest absolute Gasteiger partial charge is 0.496 e. The normalized spacial score (nSPS) is 10.1. The van der Waals surface area contributed by atoms with Gasteiger partial charge in [0.05, 0.1) is 13.3 Å². The van der Waals surface area contributed by atoms with Crippen LogP contribution in [-0.4, -0.2) is 12.1 Å². The standard InChI is InChI=1S/C14H16N2O2/c1-17-14-5-4-11(7-12(14)8-15)10-18-13-3-2-6-16-9-13/h2-7,9H,8,10,15H2,1H3. The van der Waals surface area contributed by atoms with Crippen LogP contribution in [0.2, 0.25) is 0 Å². The maximum absolute atomic E-state index is 5.67. The first kappa shape index (κ1) is 12.4. The Morgan fingerprint density at radius 3 is 2.83 bits per heavy atom. The molecule has 0 aliphatic heterocycles. The minimum absolute atomic E-state index is 0.448. The average molecular weight is 244 g/mol. The van der Waals surface area contributed by atoms with Gasteiger partial charge in [-0.2, -0.15) is 0 Å². The Hall–Kier alpha value is -2.07. The molecule has 0 bridgehead atoms. The average Bonchev–Trinajstić information content (AvgIpc) is 2.45. The molecule has 0 radical (unpaired) electrons. The highest BCUT2D eigenvalue weighted by Gasteiger charge is 2.03. The van der Waals surface area contributed by atoms with Crippen LogP contribution in [0.4, 0.5) is 0 Å². The molecule has 4 nitrogen and oxygen atoms in total. The smallest absolute Gasteiger partial charge is 0.138 e. The van der Waals surface area contributed by atoms with Crippen molar-refractivity contribution < 1.29 is 9.47 Å². The first-order valence-corrected chi connectivity index (χ1v) is 5.72. The molecular formula is C14H16N2O2. The number of nitrogens with two attached hydrogens (primary N) is 1. The van der Waals surface area contributed by atoms with Crippen LogP contribution in [0.25, 0.3) is 0 Å². The third kappa shape index (κ3) is 2.99. The molecule has 0 aliphatic rings. The van der Waals surface area contributed by atoms with Gasteiger partial charge in [-0.05, 0) is 29.8 Å². The molecule has 2 rings (SSSR count). The number of pyridine rings is 1. The molecule has 0 amide bonds. The van der Waals surface area contributed by atoms with Crippen molar-refractivity contribution in [1.29, 1.82) is 0 Å². The van der Waals surface area contributed by atoms with Crippen LogP contribution >= 0.6 is 0 Å². The monoisotopic (exact) mass is 244 g/mol. The molecule has 0 fully saturated rings. The number of rotatable bonds is 5. The highest BCUT2D eigenvalue weighted by Crippen LogP contribution is 2.20. The van der Waals surface area contributed by atoms with E-state index in [-0.39, 0.29) is 0 Å². The predicted molar refractivity (Wildman–Crippen MR) is 69.5 cm³/mol. The van der Waals surface area contributed by atoms with Crippen molar-refractivity contribution in [1.82, 2.24) is 4.98 Å². The van der Waals surface area contributed by atoms with Crippen LogP contribution < -0.4 is 15.2 Å². The molecule has 2 N–H and O–H groups in total. The van der Waals surface area contributed by atoms with E-state index in [1.165, 1.54) is 0 Å². The minimum Gasteiger partial charge on any atom is -0.496 e. The lowest BCUT2D eigenvalue weighted by Gasteiger charge is -2.10. The molecule has 0 saturated carbocycles. The number of methoxy groups -OCH3 is 1. The van der Waals surface area contributed by atoms with Crippen molar-refractivity contribution in [2.24, 2.45) is 5.73 Å². The highest BCUT2D eigenvalue weighted by molar-refractivity contribution is 5.37. The summed E-state index contributed by atoms with van der Waals surface area (Å²) in [5.41, 5.74) is 7.70. The van der Waals surface area contributed by atoms with E-state index in [1.807, 2.05) is 30.3 Å². The van der Waals surface area contributed by atoms with Crippen LogP contribution in [0.1, 0.15) is 11.1 Å². The number of hydrogen-bond acceptors (Lipinski definition) is 4. The van der Waals surface area contributed by atoms with Gasteiger partial charge in [-0.3, -0.25) is 4.98 Å². The summed E-state index contributed by atoms with van der Waals surface area (Å²) in [5, 5.41) is 0. The molecule has 0 spiro atoms. The third-order valence-electron chi connectivity index (χ3n) is 2.60. The van der Waals surface area contributed by atoms with Crippen LogP contribution in [0.5, 0.6) is 11.5 Å². The van der Waals surface area contributed by atoms with Gasteiger partial charge in [-0.15, -0.1) is 0 Å². The van der Waals surface area contributed by atoms with Crippen LogP contribution in [0.15, 0.2) is 42.7 Å². The number of hydrogen-bond donors (Lipinski definition) is 1. The van der Waals surface area contributed by atoms with E-state index in [0.29, 0.717) is 13.2 Å². The van der Waals surface area contributed by atoms with Gasteiger partial charge in [0.15, 0.2) is 0 Å². The Balaban J connectivity index is 2.06. The van der Waals surface area contributed by atoms with Crippen LogP contribution in [-0.2, 0) is 13.2 Å². The van der Waals surface area contributed by atoms with E-state index >= 15 is 0 Å². The summed E-state index contributed by atoms with van der Waals surface area (Å²) in [5.74, 6) is 1.56. The summed E-state index contributed by atoms with van der Waals surface area (Å²) in [7, 11) is 1.64. The van der Waals surface area contributed by atoms with Crippen LogP contribution in [0, 0.1) is 0 Å². The van der Waals surface area contributed by atoms with Crippen molar-refractivity contribution in [2.75, 3.05) is 7.11 Å². The molecule has 0 unspecified atom stereocenters. The lowest BCUT2D eigenvalue weighted by Crippen LogP contribution is -2.02. The van der Waals surface area contributed by atoms with Gasteiger partial charge in [-0.1, -0.05) is 6.07 Å². The molecule has 18 heavy (non-hydrogen) atoms. The number of aromatic nitrogens is 1. The fourth-order valence-electron chi connectivity index (χ4n) is 1.68. The van der Waals surface area contributed by atoms with Gasteiger partial charge in [0.25, 0.3) is 0 Å². The predicted octanol–water partition coefficient (Wildman–Crippen LogP) is 2.13. The van der Waals surface area contributed by atoms with E-state index < -0.39 is 0 Å². The van der Waals surface area contributed by atoms with E-state index in [4.69, 9.17) is 15.2 Å². The molecule has 4 heteroatoms. The molecule has 0 aliphatic carbocycles. The summed E-state index contributed by atoms with van der Waals surface area (Å²) in [6, 6.07) is 9.59. The SMILES string of the molecule is COc1ccc(COc2cccnc2)cc1CN. The summed E-state index contributed by atoms with van der Waals surface area (Å²) >= 11 is 0. The van der Waals surface area contributed by atoms with Crippen molar-refractivity contribution in [3.63, 3.8) is 0 Å². The first-order chi connectivity index (χ1) is 8.83. The molecule has 1 aromatic carbocycles. The minimum atomic E-state index is 0.448. The summed E-state index contributed by atoms with van der Waals surface area (Å²) < 4.78 is 10.8. The van der Waals surface area contributed by atoms with E-state index in [1.54, 1.807) is 19.5 Å². The van der Waals surface area contributed by atoms with Crippen molar-refractivity contribution >= 4 is 0 Å². The fourth-order valence-corrected chi connectivity index (χ4v) is 1.68. The fraction of sp³-hybridized carbons (Fsp3) is 0.214. The molecule has 1 heterocycles. The summed E-state index contributed by atoms with van der Waals surface area (Å²) in [6.45, 7) is 0.937. The topological polar surface area (TPSA) is 57.4 Å². The highest BCUT2D eigenvalue weighted by atomic mass is 16.5. The van der Waals surface area contributed by atoms with Gasteiger partial charge in [0, 0.05) is 18.3 Å². The van der Waals surface area contributed by atoms with E-state index in [2.05, 4.69) is 4.98 Å². The summed E-state index contributed by atoms with van der Waals surface area (Å²) in [4.78, 5) is 3.99. The van der Waals surface area contributed by atoms with E-state index in [9.17, 15) is 0 Å².